The minimum Gasteiger partial charge on any atom is -0.492 e. The lowest BCUT2D eigenvalue weighted by atomic mass is 10.1. The van der Waals surface area contributed by atoms with Gasteiger partial charge in [-0.05, 0) is 24.3 Å². The number of carbonyl (C=O) groups is 1. The maximum absolute atomic E-state index is 13.9. The van der Waals surface area contributed by atoms with Crippen LogP contribution in [0.25, 0.3) is 0 Å². The molecule has 0 aliphatic heterocycles. The van der Waals surface area contributed by atoms with E-state index in [0.717, 1.165) is 5.75 Å². The highest BCUT2D eigenvalue weighted by Crippen LogP contribution is 2.27. The van der Waals surface area contributed by atoms with Crippen molar-refractivity contribution in [2.24, 2.45) is 5.73 Å². The van der Waals surface area contributed by atoms with Crippen molar-refractivity contribution in [1.29, 1.82) is 0 Å². The van der Waals surface area contributed by atoms with E-state index in [1.54, 1.807) is 18.0 Å². The number of anilines is 1. The van der Waals surface area contributed by atoms with Crippen LogP contribution in [0, 0.1) is 5.82 Å². The number of primary amides is 1. The minimum absolute atomic E-state index is 0.120. The van der Waals surface area contributed by atoms with Crippen LogP contribution in [0.5, 0.6) is 5.75 Å². The molecule has 0 saturated heterocycles. The molecule has 1 amide bonds. The molecule has 0 aromatic heterocycles. The summed E-state index contributed by atoms with van der Waals surface area (Å²) in [5.41, 5.74) is 5.58. The fourth-order valence-corrected chi connectivity index (χ4v) is 2.46. The van der Waals surface area contributed by atoms with Gasteiger partial charge >= 0.3 is 0 Å². The van der Waals surface area contributed by atoms with Crippen LogP contribution in [0.3, 0.4) is 0 Å². The van der Waals surface area contributed by atoms with E-state index in [1.807, 2.05) is 30.3 Å². The Morgan fingerprint density at radius 1 is 1.32 bits per heavy atom. The first-order valence-electron chi connectivity index (χ1n) is 6.67. The maximum atomic E-state index is 13.9. The Morgan fingerprint density at radius 2 is 2.00 bits per heavy atom. The van der Waals surface area contributed by atoms with E-state index >= 15 is 0 Å². The molecule has 6 heteroatoms. The summed E-state index contributed by atoms with van der Waals surface area (Å²) >= 11 is 3.22. The molecule has 116 valence electrons. The van der Waals surface area contributed by atoms with E-state index in [2.05, 4.69) is 15.9 Å². The zero-order valence-electron chi connectivity index (χ0n) is 12.1. The topological polar surface area (TPSA) is 55.6 Å². The Kier molecular flexibility index (Phi) is 5.38. The van der Waals surface area contributed by atoms with E-state index < -0.39 is 11.7 Å². The van der Waals surface area contributed by atoms with Crippen molar-refractivity contribution in [3.05, 3.63) is 58.3 Å². The van der Waals surface area contributed by atoms with Crippen LogP contribution in [0.4, 0.5) is 10.1 Å². The third kappa shape index (κ3) is 3.98. The Labute approximate surface area is 136 Å². The van der Waals surface area contributed by atoms with E-state index in [-0.39, 0.29) is 5.56 Å². The van der Waals surface area contributed by atoms with Crippen LogP contribution in [-0.4, -0.2) is 26.1 Å². The Balaban J connectivity index is 2.09. The first kappa shape index (κ1) is 16.3. The van der Waals surface area contributed by atoms with Gasteiger partial charge in [0.15, 0.2) is 0 Å². The lowest BCUT2D eigenvalue weighted by Crippen LogP contribution is -2.27. The largest absolute Gasteiger partial charge is 0.492 e. The fraction of sp³-hybridized carbons (Fsp3) is 0.188. The predicted molar refractivity (Wildman–Crippen MR) is 87.8 cm³/mol. The van der Waals surface area contributed by atoms with Crippen LogP contribution in [0.2, 0.25) is 0 Å². The van der Waals surface area contributed by atoms with Gasteiger partial charge in [0, 0.05) is 11.5 Å². The lowest BCUT2D eigenvalue weighted by Gasteiger charge is -2.22. The zero-order valence-corrected chi connectivity index (χ0v) is 13.6. The van der Waals surface area contributed by atoms with E-state index in [0.29, 0.717) is 23.3 Å². The van der Waals surface area contributed by atoms with Gasteiger partial charge in [-0.3, -0.25) is 4.79 Å². The van der Waals surface area contributed by atoms with E-state index in [9.17, 15) is 9.18 Å². The number of likely N-dealkylation sites (N-methyl/N-ethyl adjacent to an activating group) is 1. The molecule has 0 aliphatic rings. The first-order valence-corrected chi connectivity index (χ1v) is 7.46. The van der Waals surface area contributed by atoms with Crippen LogP contribution >= 0.6 is 15.9 Å². The number of nitrogens with zero attached hydrogens (tertiary/aromatic N) is 1. The second kappa shape index (κ2) is 7.26. The van der Waals surface area contributed by atoms with Gasteiger partial charge in [-0.2, -0.15) is 0 Å². The van der Waals surface area contributed by atoms with Crippen molar-refractivity contribution in [3.63, 3.8) is 0 Å². The van der Waals surface area contributed by atoms with Gasteiger partial charge < -0.3 is 15.4 Å². The molecule has 2 rings (SSSR count). The van der Waals surface area contributed by atoms with Crippen molar-refractivity contribution >= 4 is 27.5 Å². The predicted octanol–water partition coefficient (Wildman–Crippen LogP) is 3.20. The Hall–Kier alpha value is -2.08. The number of nitrogens with two attached hydrogens (primary N) is 1. The highest BCUT2D eigenvalue weighted by atomic mass is 79.9. The van der Waals surface area contributed by atoms with Crippen LogP contribution in [0.1, 0.15) is 10.4 Å². The van der Waals surface area contributed by atoms with Gasteiger partial charge in [-0.25, -0.2) is 4.39 Å². The maximum Gasteiger partial charge on any atom is 0.253 e. The number of benzene rings is 2. The Bertz CT molecular complexity index is 665. The summed E-state index contributed by atoms with van der Waals surface area (Å²) in [6.07, 6.45) is 0. The summed E-state index contributed by atoms with van der Waals surface area (Å²) in [5.74, 6) is -0.685. The summed E-state index contributed by atoms with van der Waals surface area (Å²) in [4.78, 5) is 13.2. The summed E-state index contributed by atoms with van der Waals surface area (Å²) in [5, 5.41) is 0. The van der Waals surface area contributed by atoms with E-state index in [4.69, 9.17) is 10.5 Å². The Morgan fingerprint density at radius 3 is 2.64 bits per heavy atom. The van der Waals surface area contributed by atoms with Crippen molar-refractivity contribution < 1.29 is 13.9 Å². The van der Waals surface area contributed by atoms with Crippen LogP contribution in [-0.2, 0) is 0 Å². The monoisotopic (exact) mass is 366 g/mol. The molecule has 0 aliphatic carbocycles. The second-order valence-corrected chi connectivity index (χ2v) is 5.64. The number of hydrogen-bond donors (Lipinski definition) is 1. The summed E-state index contributed by atoms with van der Waals surface area (Å²) in [6, 6.07) is 12.3. The molecule has 2 aromatic carbocycles. The van der Waals surface area contributed by atoms with Crippen molar-refractivity contribution in [1.82, 2.24) is 0 Å². The molecule has 0 radical (unpaired) electrons. The van der Waals surface area contributed by atoms with Crippen molar-refractivity contribution in [2.45, 2.75) is 0 Å². The van der Waals surface area contributed by atoms with Crippen LogP contribution in [0.15, 0.2) is 46.9 Å². The second-order valence-electron chi connectivity index (χ2n) is 4.73. The van der Waals surface area contributed by atoms with Crippen molar-refractivity contribution in [3.8, 4) is 5.75 Å². The first-order chi connectivity index (χ1) is 10.5. The number of carbonyl (C=O) groups excluding carboxylic acids is 1. The van der Waals surface area contributed by atoms with Crippen LogP contribution < -0.4 is 15.4 Å². The molecular formula is C16H16BrFN2O2. The van der Waals surface area contributed by atoms with E-state index in [1.165, 1.54) is 6.07 Å². The van der Waals surface area contributed by atoms with Gasteiger partial charge in [0.1, 0.15) is 18.2 Å². The normalized spacial score (nSPS) is 10.3. The molecule has 4 nitrogen and oxygen atoms in total. The third-order valence-corrected chi connectivity index (χ3v) is 3.59. The number of para-hydroxylation sites is 1. The number of hydrogen-bond acceptors (Lipinski definition) is 3. The fourth-order valence-electron chi connectivity index (χ4n) is 2.04. The lowest BCUT2D eigenvalue weighted by molar-refractivity contribution is 0.0997. The van der Waals surface area contributed by atoms with Gasteiger partial charge in [0.2, 0.25) is 0 Å². The molecule has 2 aromatic rings. The molecule has 0 heterocycles. The molecular weight excluding hydrogens is 351 g/mol. The molecule has 0 unspecified atom stereocenters. The van der Waals surface area contributed by atoms with Gasteiger partial charge in [0.05, 0.1) is 17.8 Å². The summed E-state index contributed by atoms with van der Waals surface area (Å²) < 4.78 is 20.1. The standard InChI is InChI=1S/C16H16BrFN2O2/c1-20(7-8-22-12-5-3-2-4-6-12)14-10-11(17)9-13(18)15(14)16(19)21/h2-6,9-10H,7-8H2,1H3,(H2,19,21). The summed E-state index contributed by atoms with van der Waals surface area (Å²) in [6.45, 7) is 0.873. The number of amides is 1. The van der Waals surface area contributed by atoms with Crippen molar-refractivity contribution in [2.75, 3.05) is 25.1 Å². The SMILES string of the molecule is CN(CCOc1ccccc1)c1cc(Br)cc(F)c1C(N)=O. The minimum atomic E-state index is -0.796. The highest BCUT2D eigenvalue weighted by Gasteiger charge is 2.18. The molecule has 0 spiro atoms. The molecule has 0 saturated carbocycles. The summed E-state index contributed by atoms with van der Waals surface area (Å²) in [7, 11) is 1.75. The van der Waals surface area contributed by atoms with Gasteiger partial charge in [-0.15, -0.1) is 0 Å². The smallest absolute Gasteiger partial charge is 0.253 e. The molecule has 2 N–H and O–H groups in total. The molecule has 0 atom stereocenters. The van der Waals surface area contributed by atoms with Gasteiger partial charge in [-0.1, -0.05) is 34.1 Å². The highest BCUT2D eigenvalue weighted by molar-refractivity contribution is 9.10. The number of ether oxygens (including phenoxy) is 1. The number of halogens is 2. The average molecular weight is 367 g/mol. The molecule has 22 heavy (non-hydrogen) atoms. The van der Waals surface area contributed by atoms with Gasteiger partial charge in [0.25, 0.3) is 5.91 Å². The quantitative estimate of drug-likeness (QED) is 0.853. The third-order valence-electron chi connectivity index (χ3n) is 3.13. The average Bonchev–Trinajstić information content (AvgIpc) is 2.46. The molecule has 0 bridgehead atoms. The zero-order chi connectivity index (χ0) is 16.1. The molecule has 0 fully saturated rings. The number of rotatable bonds is 6.